The van der Waals surface area contributed by atoms with Crippen LogP contribution in [-0.4, -0.2) is 28.5 Å². The molecule has 5 nitrogen and oxygen atoms in total. The van der Waals surface area contributed by atoms with Gasteiger partial charge in [0.25, 0.3) is 0 Å². The SMILES string of the molecule is Cc1cccnc1CC(=O)NCC1CCCCC1C(=O)O. The normalized spacial score (nSPS) is 21.8. The molecule has 0 saturated heterocycles. The van der Waals surface area contributed by atoms with Gasteiger partial charge in [0.15, 0.2) is 0 Å². The summed E-state index contributed by atoms with van der Waals surface area (Å²) in [6.07, 6.45) is 5.53. The summed E-state index contributed by atoms with van der Waals surface area (Å²) in [6, 6.07) is 3.77. The van der Waals surface area contributed by atoms with E-state index in [9.17, 15) is 14.7 Å². The van der Waals surface area contributed by atoms with Gasteiger partial charge in [0.1, 0.15) is 0 Å². The topological polar surface area (TPSA) is 79.3 Å². The van der Waals surface area contributed by atoms with E-state index in [1.807, 2.05) is 19.1 Å². The van der Waals surface area contributed by atoms with Crippen molar-refractivity contribution in [2.75, 3.05) is 6.54 Å². The van der Waals surface area contributed by atoms with Crippen LogP contribution < -0.4 is 5.32 Å². The lowest BCUT2D eigenvalue weighted by molar-refractivity contribution is -0.145. The van der Waals surface area contributed by atoms with Crippen LogP contribution in [0, 0.1) is 18.8 Å². The Hall–Kier alpha value is -1.91. The van der Waals surface area contributed by atoms with Crippen molar-refractivity contribution in [3.63, 3.8) is 0 Å². The van der Waals surface area contributed by atoms with Crippen LogP contribution in [0.15, 0.2) is 18.3 Å². The molecule has 0 bridgehead atoms. The first-order chi connectivity index (χ1) is 10.1. The zero-order chi connectivity index (χ0) is 15.2. The minimum Gasteiger partial charge on any atom is -0.481 e. The Morgan fingerprint density at radius 3 is 2.86 bits per heavy atom. The van der Waals surface area contributed by atoms with Gasteiger partial charge in [-0.2, -0.15) is 0 Å². The Morgan fingerprint density at radius 1 is 1.38 bits per heavy atom. The minimum atomic E-state index is -0.741. The van der Waals surface area contributed by atoms with Crippen molar-refractivity contribution in [1.29, 1.82) is 0 Å². The molecule has 0 aromatic carbocycles. The number of carboxylic acid groups (broad SMARTS) is 1. The second-order valence-corrected chi connectivity index (χ2v) is 5.74. The van der Waals surface area contributed by atoms with Crippen molar-refractivity contribution < 1.29 is 14.7 Å². The molecule has 2 unspecified atom stereocenters. The molecule has 1 fully saturated rings. The molecule has 21 heavy (non-hydrogen) atoms. The molecule has 1 heterocycles. The fourth-order valence-electron chi connectivity index (χ4n) is 2.94. The summed E-state index contributed by atoms with van der Waals surface area (Å²) < 4.78 is 0. The first-order valence-corrected chi connectivity index (χ1v) is 7.48. The summed E-state index contributed by atoms with van der Waals surface area (Å²) >= 11 is 0. The monoisotopic (exact) mass is 290 g/mol. The van der Waals surface area contributed by atoms with Crippen molar-refractivity contribution in [2.45, 2.75) is 39.0 Å². The quantitative estimate of drug-likeness (QED) is 0.868. The summed E-state index contributed by atoms with van der Waals surface area (Å²) in [6.45, 7) is 2.37. The van der Waals surface area contributed by atoms with Crippen LogP contribution in [0.25, 0.3) is 0 Å². The number of carbonyl (C=O) groups is 2. The third-order valence-corrected chi connectivity index (χ3v) is 4.23. The van der Waals surface area contributed by atoms with Gasteiger partial charge in [0.05, 0.1) is 18.0 Å². The van der Waals surface area contributed by atoms with Gasteiger partial charge in [0.2, 0.25) is 5.91 Å². The first kappa shape index (κ1) is 15.5. The maximum atomic E-state index is 12.0. The van der Waals surface area contributed by atoms with Gasteiger partial charge >= 0.3 is 5.97 Å². The van der Waals surface area contributed by atoms with E-state index in [-0.39, 0.29) is 24.2 Å². The lowest BCUT2D eigenvalue weighted by Crippen LogP contribution is -2.37. The van der Waals surface area contributed by atoms with E-state index in [1.165, 1.54) is 0 Å². The van der Waals surface area contributed by atoms with Gasteiger partial charge in [0, 0.05) is 12.7 Å². The molecule has 1 aromatic heterocycles. The van der Waals surface area contributed by atoms with E-state index in [2.05, 4.69) is 10.3 Å². The minimum absolute atomic E-state index is 0.0463. The number of rotatable bonds is 5. The Kier molecular flexibility index (Phi) is 5.31. The Balaban J connectivity index is 1.86. The number of aromatic nitrogens is 1. The summed E-state index contributed by atoms with van der Waals surface area (Å²) in [5.41, 5.74) is 1.77. The fraction of sp³-hybridized carbons (Fsp3) is 0.562. The van der Waals surface area contributed by atoms with Gasteiger partial charge in [-0.05, 0) is 37.3 Å². The van der Waals surface area contributed by atoms with E-state index in [1.54, 1.807) is 6.20 Å². The number of nitrogens with zero attached hydrogens (tertiary/aromatic N) is 1. The number of carbonyl (C=O) groups excluding carboxylic acids is 1. The van der Waals surface area contributed by atoms with Crippen molar-refractivity contribution in [3.05, 3.63) is 29.6 Å². The first-order valence-electron chi connectivity index (χ1n) is 7.48. The van der Waals surface area contributed by atoms with Crippen LogP contribution >= 0.6 is 0 Å². The van der Waals surface area contributed by atoms with Crippen molar-refractivity contribution in [1.82, 2.24) is 10.3 Å². The fourth-order valence-corrected chi connectivity index (χ4v) is 2.94. The van der Waals surface area contributed by atoms with Crippen LogP contribution in [0.1, 0.15) is 36.9 Å². The van der Waals surface area contributed by atoms with E-state index in [0.717, 1.165) is 36.9 Å². The molecule has 0 radical (unpaired) electrons. The molecule has 5 heteroatoms. The average Bonchev–Trinajstić information content (AvgIpc) is 2.48. The molecule has 0 spiro atoms. The predicted octanol–water partition coefficient (Wildman–Crippen LogP) is 1.94. The molecule has 1 aliphatic carbocycles. The maximum Gasteiger partial charge on any atom is 0.306 e. The van der Waals surface area contributed by atoms with Crippen LogP contribution in [0.2, 0.25) is 0 Å². The Labute approximate surface area is 124 Å². The third kappa shape index (κ3) is 4.28. The molecule has 1 aliphatic rings. The molecule has 2 rings (SSSR count). The molecular weight excluding hydrogens is 268 g/mol. The van der Waals surface area contributed by atoms with Crippen molar-refractivity contribution >= 4 is 11.9 Å². The highest BCUT2D eigenvalue weighted by atomic mass is 16.4. The summed E-state index contributed by atoms with van der Waals surface area (Å²) in [5, 5.41) is 12.1. The standard InChI is InChI=1S/C16H22N2O3/c1-11-5-4-8-17-14(11)9-15(19)18-10-12-6-2-3-7-13(12)16(20)21/h4-5,8,12-13H,2-3,6-7,9-10H2,1H3,(H,18,19)(H,20,21). The zero-order valence-electron chi connectivity index (χ0n) is 12.3. The zero-order valence-corrected chi connectivity index (χ0v) is 12.3. The van der Waals surface area contributed by atoms with Gasteiger partial charge in [-0.15, -0.1) is 0 Å². The largest absolute Gasteiger partial charge is 0.481 e. The number of amides is 1. The molecular formula is C16H22N2O3. The van der Waals surface area contributed by atoms with E-state index >= 15 is 0 Å². The van der Waals surface area contributed by atoms with Gasteiger partial charge < -0.3 is 10.4 Å². The second-order valence-electron chi connectivity index (χ2n) is 5.74. The molecule has 1 saturated carbocycles. The molecule has 114 valence electrons. The van der Waals surface area contributed by atoms with Crippen LogP contribution in [0.4, 0.5) is 0 Å². The molecule has 1 amide bonds. The third-order valence-electron chi connectivity index (χ3n) is 4.23. The number of pyridine rings is 1. The van der Waals surface area contributed by atoms with Gasteiger partial charge in [-0.1, -0.05) is 18.9 Å². The summed E-state index contributed by atoms with van der Waals surface area (Å²) in [4.78, 5) is 27.4. The van der Waals surface area contributed by atoms with Crippen LogP contribution in [0.5, 0.6) is 0 Å². The van der Waals surface area contributed by atoms with Gasteiger partial charge in [-0.25, -0.2) is 0 Å². The van der Waals surface area contributed by atoms with E-state index < -0.39 is 5.97 Å². The van der Waals surface area contributed by atoms with Crippen molar-refractivity contribution in [2.24, 2.45) is 11.8 Å². The summed E-state index contributed by atoms with van der Waals surface area (Å²) in [5.74, 6) is -1.11. The highest BCUT2D eigenvalue weighted by molar-refractivity contribution is 5.78. The van der Waals surface area contributed by atoms with Gasteiger partial charge in [-0.3, -0.25) is 14.6 Å². The molecule has 2 atom stereocenters. The number of carboxylic acids is 1. The van der Waals surface area contributed by atoms with Crippen LogP contribution in [-0.2, 0) is 16.0 Å². The highest BCUT2D eigenvalue weighted by Gasteiger charge is 2.30. The Morgan fingerprint density at radius 2 is 2.14 bits per heavy atom. The second kappa shape index (κ2) is 7.20. The average molecular weight is 290 g/mol. The van der Waals surface area contributed by atoms with Crippen LogP contribution in [0.3, 0.4) is 0 Å². The number of aliphatic carboxylic acids is 1. The maximum absolute atomic E-state index is 12.0. The predicted molar refractivity (Wildman–Crippen MR) is 78.8 cm³/mol. The Bertz CT molecular complexity index is 516. The number of hydrogen-bond donors (Lipinski definition) is 2. The number of hydrogen-bond acceptors (Lipinski definition) is 3. The lowest BCUT2D eigenvalue weighted by Gasteiger charge is -2.28. The molecule has 2 N–H and O–H groups in total. The van der Waals surface area contributed by atoms with E-state index in [0.29, 0.717) is 6.54 Å². The molecule has 0 aliphatic heterocycles. The number of nitrogens with one attached hydrogen (secondary N) is 1. The lowest BCUT2D eigenvalue weighted by atomic mass is 9.79. The summed E-state index contributed by atoms with van der Waals surface area (Å²) in [7, 11) is 0. The molecule has 1 aromatic rings. The smallest absolute Gasteiger partial charge is 0.306 e. The number of aryl methyl sites for hydroxylation is 1. The van der Waals surface area contributed by atoms with E-state index in [4.69, 9.17) is 0 Å². The highest BCUT2D eigenvalue weighted by Crippen LogP contribution is 2.29. The van der Waals surface area contributed by atoms with Crippen molar-refractivity contribution in [3.8, 4) is 0 Å².